The lowest BCUT2D eigenvalue weighted by Crippen LogP contribution is -2.55. The standard InChI is InChI=1S/C16H25N3O/c1-11-7-5-8-12(2)15(11)17-16(20)18-19-13(3)9-6-10-14(19)4/h5,7-8,13-14H,6,9-10H2,1-4H3,(H2,17,18,20)/t13-,14+. The van der Waals surface area contributed by atoms with Crippen molar-refractivity contribution in [2.75, 3.05) is 5.32 Å². The van der Waals surface area contributed by atoms with Crippen LogP contribution in [-0.2, 0) is 0 Å². The monoisotopic (exact) mass is 275 g/mol. The van der Waals surface area contributed by atoms with Gasteiger partial charge in [0.05, 0.1) is 0 Å². The maximum Gasteiger partial charge on any atom is 0.333 e. The minimum Gasteiger partial charge on any atom is -0.306 e. The molecule has 2 amide bonds. The Hall–Kier alpha value is -1.55. The number of aryl methyl sites for hydroxylation is 2. The maximum absolute atomic E-state index is 12.2. The van der Waals surface area contributed by atoms with Gasteiger partial charge in [0.2, 0.25) is 0 Å². The average molecular weight is 275 g/mol. The summed E-state index contributed by atoms with van der Waals surface area (Å²) in [6.45, 7) is 8.34. The molecular formula is C16H25N3O. The summed E-state index contributed by atoms with van der Waals surface area (Å²) in [6, 6.07) is 6.65. The van der Waals surface area contributed by atoms with Gasteiger partial charge in [-0.1, -0.05) is 24.6 Å². The van der Waals surface area contributed by atoms with E-state index in [1.54, 1.807) is 0 Å². The molecule has 0 bridgehead atoms. The molecule has 1 aliphatic rings. The maximum atomic E-state index is 12.2. The van der Waals surface area contributed by atoms with E-state index in [1.165, 1.54) is 6.42 Å². The highest BCUT2D eigenvalue weighted by molar-refractivity contribution is 5.90. The lowest BCUT2D eigenvalue weighted by Gasteiger charge is -2.38. The van der Waals surface area contributed by atoms with Crippen LogP contribution in [0.1, 0.15) is 44.2 Å². The van der Waals surface area contributed by atoms with E-state index in [2.05, 4.69) is 29.6 Å². The number of benzene rings is 1. The number of para-hydroxylation sites is 1. The van der Waals surface area contributed by atoms with Gasteiger partial charge in [0.15, 0.2) is 0 Å². The van der Waals surface area contributed by atoms with E-state index >= 15 is 0 Å². The van der Waals surface area contributed by atoms with Crippen LogP contribution in [0.4, 0.5) is 10.5 Å². The molecule has 1 aromatic rings. The summed E-state index contributed by atoms with van der Waals surface area (Å²) in [4.78, 5) is 12.2. The van der Waals surface area contributed by atoms with Gasteiger partial charge < -0.3 is 5.32 Å². The van der Waals surface area contributed by atoms with Crippen LogP contribution >= 0.6 is 0 Å². The summed E-state index contributed by atoms with van der Waals surface area (Å²) in [5, 5.41) is 5.05. The number of rotatable bonds is 2. The van der Waals surface area contributed by atoms with E-state index in [9.17, 15) is 4.79 Å². The Morgan fingerprint density at radius 2 is 1.70 bits per heavy atom. The van der Waals surface area contributed by atoms with Gasteiger partial charge >= 0.3 is 6.03 Å². The predicted molar refractivity (Wildman–Crippen MR) is 82.7 cm³/mol. The van der Waals surface area contributed by atoms with Crippen LogP contribution in [0.2, 0.25) is 0 Å². The van der Waals surface area contributed by atoms with Crippen molar-refractivity contribution in [2.45, 2.75) is 59.0 Å². The lowest BCUT2D eigenvalue weighted by molar-refractivity contribution is 0.0625. The zero-order chi connectivity index (χ0) is 14.7. The molecule has 2 rings (SSSR count). The smallest absolute Gasteiger partial charge is 0.306 e. The Labute approximate surface area is 121 Å². The zero-order valence-corrected chi connectivity index (χ0v) is 12.9. The second-order valence-electron chi connectivity index (χ2n) is 5.87. The molecule has 110 valence electrons. The van der Waals surface area contributed by atoms with E-state index < -0.39 is 0 Å². The number of anilines is 1. The summed E-state index contributed by atoms with van der Waals surface area (Å²) >= 11 is 0. The molecule has 20 heavy (non-hydrogen) atoms. The summed E-state index contributed by atoms with van der Waals surface area (Å²) in [6.07, 6.45) is 3.50. The van der Waals surface area contributed by atoms with Crippen molar-refractivity contribution in [2.24, 2.45) is 0 Å². The van der Waals surface area contributed by atoms with Crippen LogP contribution in [0, 0.1) is 13.8 Å². The Balaban J connectivity index is 2.02. The van der Waals surface area contributed by atoms with Crippen LogP contribution in [0.3, 0.4) is 0 Å². The predicted octanol–water partition coefficient (Wildman–Crippen LogP) is 3.60. The topological polar surface area (TPSA) is 44.4 Å². The van der Waals surface area contributed by atoms with Gasteiger partial charge in [0.25, 0.3) is 0 Å². The second kappa shape index (κ2) is 6.27. The third kappa shape index (κ3) is 3.31. The van der Waals surface area contributed by atoms with Gasteiger partial charge in [-0.25, -0.2) is 9.80 Å². The van der Waals surface area contributed by atoms with Crippen molar-refractivity contribution in [1.29, 1.82) is 0 Å². The molecular weight excluding hydrogens is 250 g/mol. The minimum absolute atomic E-state index is 0.150. The van der Waals surface area contributed by atoms with Gasteiger partial charge in [-0.3, -0.25) is 5.43 Å². The molecule has 1 saturated heterocycles. The number of nitrogens with one attached hydrogen (secondary N) is 2. The Bertz CT molecular complexity index is 456. The molecule has 0 unspecified atom stereocenters. The first-order valence-electron chi connectivity index (χ1n) is 7.41. The molecule has 1 heterocycles. The summed E-state index contributed by atoms with van der Waals surface area (Å²) < 4.78 is 0. The zero-order valence-electron chi connectivity index (χ0n) is 12.9. The quantitative estimate of drug-likeness (QED) is 0.866. The molecule has 4 heteroatoms. The van der Waals surface area contributed by atoms with Crippen LogP contribution < -0.4 is 10.7 Å². The van der Waals surface area contributed by atoms with Crippen molar-refractivity contribution in [3.8, 4) is 0 Å². The lowest BCUT2D eigenvalue weighted by atomic mass is 10.00. The van der Waals surface area contributed by atoms with Crippen LogP contribution in [0.5, 0.6) is 0 Å². The number of piperidine rings is 1. The molecule has 4 nitrogen and oxygen atoms in total. The molecule has 1 fully saturated rings. The molecule has 0 spiro atoms. The van der Waals surface area contributed by atoms with Crippen LogP contribution in [0.15, 0.2) is 18.2 Å². The van der Waals surface area contributed by atoms with E-state index in [1.807, 2.05) is 32.0 Å². The van der Waals surface area contributed by atoms with E-state index in [4.69, 9.17) is 0 Å². The van der Waals surface area contributed by atoms with E-state index in [0.717, 1.165) is 29.7 Å². The van der Waals surface area contributed by atoms with Crippen LogP contribution in [0.25, 0.3) is 0 Å². The molecule has 0 saturated carbocycles. The molecule has 1 aliphatic heterocycles. The largest absolute Gasteiger partial charge is 0.333 e. The summed E-state index contributed by atoms with van der Waals surface area (Å²) in [7, 11) is 0. The number of hydrogen-bond donors (Lipinski definition) is 2. The van der Waals surface area contributed by atoms with Gasteiger partial charge in [-0.15, -0.1) is 0 Å². The van der Waals surface area contributed by atoms with Gasteiger partial charge in [0.1, 0.15) is 0 Å². The second-order valence-corrected chi connectivity index (χ2v) is 5.87. The van der Waals surface area contributed by atoms with Crippen molar-refractivity contribution in [3.63, 3.8) is 0 Å². The van der Waals surface area contributed by atoms with Gasteiger partial charge in [0, 0.05) is 17.8 Å². The van der Waals surface area contributed by atoms with Crippen molar-refractivity contribution >= 4 is 11.7 Å². The summed E-state index contributed by atoms with van der Waals surface area (Å²) in [5.74, 6) is 0. The highest BCUT2D eigenvalue weighted by atomic mass is 16.2. The van der Waals surface area contributed by atoms with E-state index in [0.29, 0.717) is 12.1 Å². The Kier molecular flexibility index (Phi) is 4.65. The molecule has 0 aliphatic carbocycles. The third-order valence-electron chi connectivity index (χ3n) is 4.14. The van der Waals surface area contributed by atoms with Gasteiger partial charge in [-0.05, 0) is 51.7 Å². The number of hydrazine groups is 1. The first-order chi connectivity index (χ1) is 9.49. The van der Waals surface area contributed by atoms with Crippen molar-refractivity contribution < 1.29 is 4.79 Å². The van der Waals surface area contributed by atoms with Crippen LogP contribution in [-0.4, -0.2) is 23.1 Å². The molecule has 2 atom stereocenters. The fourth-order valence-electron chi connectivity index (χ4n) is 2.91. The SMILES string of the molecule is Cc1cccc(C)c1NC(=O)NN1[C@H](C)CCC[C@@H]1C. The number of urea groups is 1. The number of carbonyl (C=O) groups excluding carboxylic acids is 1. The summed E-state index contributed by atoms with van der Waals surface area (Å²) in [5.41, 5.74) is 6.08. The molecule has 0 aromatic heterocycles. The molecule has 2 N–H and O–H groups in total. The first-order valence-corrected chi connectivity index (χ1v) is 7.41. The van der Waals surface area contributed by atoms with Gasteiger partial charge in [-0.2, -0.15) is 0 Å². The fourth-order valence-corrected chi connectivity index (χ4v) is 2.91. The molecule has 0 radical (unpaired) electrons. The van der Waals surface area contributed by atoms with Crippen molar-refractivity contribution in [3.05, 3.63) is 29.3 Å². The fraction of sp³-hybridized carbons (Fsp3) is 0.562. The first kappa shape index (κ1) is 14.9. The average Bonchev–Trinajstić information content (AvgIpc) is 2.39. The highest BCUT2D eigenvalue weighted by Crippen LogP contribution is 2.21. The number of hydrogen-bond acceptors (Lipinski definition) is 2. The minimum atomic E-state index is -0.150. The number of nitrogens with zero attached hydrogens (tertiary/aromatic N) is 1. The van der Waals surface area contributed by atoms with E-state index in [-0.39, 0.29) is 6.03 Å². The molecule has 1 aromatic carbocycles. The Morgan fingerprint density at radius 3 is 2.25 bits per heavy atom. The number of amides is 2. The normalized spacial score (nSPS) is 23.4. The highest BCUT2D eigenvalue weighted by Gasteiger charge is 2.26. The third-order valence-corrected chi connectivity index (χ3v) is 4.14. The van der Waals surface area contributed by atoms with Crippen molar-refractivity contribution in [1.82, 2.24) is 10.4 Å². The Morgan fingerprint density at radius 1 is 1.15 bits per heavy atom. The number of carbonyl (C=O) groups is 1.